The highest BCUT2D eigenvalue weighted by Crippen LogP contribution is 2.23. The molecule has 2 aliphatic rings. The Hall–Kier alpha value is -1.30. The van der Waals surface area contributed by atoms with Crippen LogP contribution in [-0.2, 0) is 4.79 Å². The minimum Gasteiger partial charge on any atom is -0.481 e. The third-order valence-electron chi connectivity index (χ3n) is 3.94. The molecule has 6 heteroatoms. The lowest BCUT2D eigenvalue weighted by Gasteiger charge is -2.32. The lowest BCUT2D eigenvalue weighted by Crippen LogP contribution is -2.41. The van der Waals surface area contributed by atoms with Crippen molar-refractivity contribution in [2.45, 2.75) is 25.3 Å². The van der Waals surface area contributed by atoms with E-state index in [2.05, 4.69) is 17.3 Å². The van der Waals surface area contributed by atoms with E-state index in [0.29, 0.717) is 19.0 Å². The summed E-state index contributed by atoms with van der Waals surface area (Å²) in [5.41, 5.74) is 0. The zero-order chi connectivity index (χ0) is 13.1. The van der Waals surface area contributed by atoms with Gasteiger partial charge in [0.15, 0.2) is 0 Å². The summed E-state index contributed by atoms with van der Waals surface area (Å²) in [5.74, 6) is -0.328. The van der Waals surface area contributed by atoms with Crippen LogP contribution in [0, 0.1) is 5.92 Å². The molecule has 0 radical (unpaired) electrons. The van der Waals surface area contributed by atoms with Crippen LogP contribution in [0.4, 0.5) is 4.79 Å². The van der Waals surface area contributed by atoms with Gasteiger partial charge in [-0.25, -0.2) is 4.79 Å². The van der Waals surface area contributed by atoms with E-state index < -0.39 is 5.97 Å². The third-order valence-corrected chi connectivity index (χ3v) is 3.94. The first kappa shape index (κ1) is 13.1. The van der Waals surface area contributed by atoms with Gasteiger partial charge in [0.1, 0.15) is 0 Å². The van der Waals surface area contributed by atoms with Crippen LogP contribution in [0.3, 0.4) is 0 Å². The molecule has 0 aromatic rings. The van der Waals surface area contributed by atoms with Crippen molar-refractivity contribution in [1.82, 2.24) is 15.1 Å². The minimum atomic E-state index is -0.856. The van der Waals surface area contributed by atoms with Gasteiger partial charge < -0.3 is 20.2 Å². The van der Waals surface area contributed by atoms with Crippen molar-refractivity contribution in [2.24, 2.45) is 5.92 Å². The monoisotopic (exact) mass is 255 g/mol. The molecular weight excluding hydrogens is 234 g/mol. The first-order valence-electron chi connectivity index (χ1n) is 6.52. The van der Waals surface area contributed by atoms with Crippen LogP contribution in [0.1, 0.15) is 19.3 Å². The average molecular weight is 255 g/mol. The SMILES string of the molecule is CN1CCC(C2CN(CCC(=O)O)C(=O)N2)CC1. The number of likely N-dealkylation sites (tertiary alicyclic amines) is 1. The molecule has 18 heavy (non-hydrogen) atoms. The number of carbonyl (C=O) groups excluding carboxylic acids is 1. The summed E-state index contributed by atoms with van der Waals surface area (Å²) < 4.78 is 0. The number of urea groups is 1. The Morgan fingerprint density at radius 2 is 2.11 bits per heavy atom. The molecule has 0 spiro atoms. The molecule has 2 amide bonds. The normalized spacial score (nSPS) is 26.4. The first-order chi connectivity index (χ1) is 8.56. The molecule has 2 N–H and O–H groups in total. The van der Waals surface area contributed by atoms with Gasteiger partial charge in [-0.2, -0.15) is 0 Å². The second-order valence-electron chi connectivity index (χ2n) is 5.29. The molecule has 2 saturated heterocycles. The number of aliphatic carboxylic acids is 1. The van der Waals surface area contributed by atoms with Gasteiger partial charge in [0.05, 0.1) is 12.5 Å². The number of hydrogen-bond acceptors (Lipinski definition) is 3. The zero-order valence-corrected chi connectivity index (χ0v) is 10.8. The topological polar surface area (TPSA) is 72.9 Å². The highest BCUT2D eigenvalue weighted by atomic mass is 16.4. The maximum Gasteiger partial charge on any atom is 0.317 e. The molecule has 102 valence electrons. The van der Waals surface area contributed by atoms with Crippen LogP contribution in [0.2, 0.25) is 0 Å². The summed E-state index contributed by atoms with van der Waals surface area (Å²) in [6.07, 6.45) is 2.23. The Kier molecular flexibility index (Phi) is 4.06. The second-order valence-corrected chi connectivity index (χ2v) is 5.29. The summed E-state index contributed by atoms with van der Waals surface area (Å²) in [6.45, 7) is 3.11. The molecule has 1 unspecified atom stereocenters. The van der Waals surface area contributed by atoms with Crippen LogP contribution in [-0.4, -0.2) is 66.2 Å². The van der Waals surface area contributed by atoms with Crippen molar-refractivity contribution in [3.8, 4) is 0 Å². The number of hydrogen-bond donors (Lipinski definition) is 2. The Labute approximate surface area is 107 Å². The Morgan fingerprint density at radius 1 is 1.44 bits per heavy atom. The van der Waals surface area contributed by atoms with Gasteiger partial charge in [-0.05, 0) is 38.9 Å². The molecule has 0 aromatic carbocycles. The average Bonchev–Trinajstić information content (AvgIpc) is 2.69. The number of amides is 2. The highest BCUT2D eigenvalue weighted by Gasteiger charge is 2.35. The van der Waals surface area contributed by atoms with Crippen molar-refractivity contribution in [3.63, 3.8) is 0 Å². The number of nitrogens with one attached hydrogen (secondary N) is 1. The largest absolute Gasteiger partial charge is 0.481 e. The fraction of sp³-hybridized carbons (Fsp3) is 0.833. The Morgan fingerprint density at radius 3 is 2.72 bits per heavy atom. The molecule has 0 aliphatic carbocycles. The van der Waals surface area contributed by atoms with Crippen LogP contribution in [0.15, 0.2) is 0 Å². The number of carbonyl (C=O) groups is 2. The molecule has 0 aromatic heterocycles. The smallest absolute Gasteiger partial charge is 0.317 e. The molecule has 1 atom stereocenters. The van der Waals surface area contributed by atoms with E-state index in [4.69, 9.17) is 5.11 Å². The van der Waals surface area contributed by atoms with Crippen LogP contribution < -0.4 is 5.32 Å². The van der Waals surface area contributed by atoms with E-state index in [0.717, 1.165) is 25.9 Å². The molecule has 6 nitrogen and oxygen atoms in total. The van der Waals surface area contributed by atoms with Crippen LogP contribution in [0.5, 0.6) is 0 Å². The molecule has 2 heterocycles. The van der Waals surface area contributed by atoms with Crippen LogP contribution in [0.25, 0.3) is 0 Å². The molecule has 2 fully saturated rings. The van der Waals surface area contributed by atoms with E-state index in [9.17, 15) is 9.59 Å². The molecule has 2 aliphatic heterocycles. The van der Waals surface area contributed by atoms with Gasteiger partial charge in [0, 0.05) is 13.1 Å². The van der Waals surface area contributed by atoms with E-state index in [1.807, 2.05) is 0 Å². The Balaban J connectivity index is 1.82. The van der Waals surface area contributed by atoms with Gasteiger partial charge in [-0.3, -0.25) is 4.79 Å². The van der Waals surface area contributed by atoms with E-state index in [-0.39, 0.29) is 18.5 Å². The van der Waals surface area contributed by atoms with Crippen molar-refractivity contribution in [1.29, 1.82) is 0 Å². The van der Waals surface area contributed by atoms with Gasteiger partial charge in [0.25, 0.3) is 0 Å². The van der Waals surface area contributed by atoms with Gasteiger partial charge in [-0.15, -0.1) is 0 Å². The maximum atomic E-state index is 11.7. The van der Waals surface area contributed by atoms with Crippen molar-refractivity contribution < 1.29 is 14.7 Å². The number of nitrogens with zero attached hydrogens (tertiary/aromatic N) is 2. The summed E-state index contributed by atoms with van der Waals surface area (Å²) in [5, 5.41) is 11.6. The van der Waals surface area contributed by atoms with E-state index in [1.165, 1.54) is 0 Å². The lowest BCUT2D eigenvalue weighted by molar-refractivity contribution is -0.137. The number of carboxylic acids is 1. The standard InChI is InChI=1S/C12H21N3O3/c1-14-5-2-9(3-6-14)10-8-15(12(18)13-10)7-4-11(16)17/h9-10H,2-8H2,1H3,(H,13,18)(H,16,17). The quantitative estimate of drug-likeness (QED) is 0.752. The predicted molar refractivity (Wildman–Crippen MR) is 66.4 cm³/mol. The van der Waals surface area contributed by atoms with E-state index in [1.54, 1.807) is 4.90 Å². The summed E-state index contributed by atoms with van der Waals surface area (Å²) in [6, 6.07) is 0.0835. The molecule has 0 bridgehead atoms. The molecular formula is C12H21N3O3. The fourth-order valence-corrected chi connectivity index (χ4v) is 2.74. The van der Waals surface area contributed by atoms with Crippen molar-refractivity contribution >= 4 is 12.0 Å². The summed E-state index contributed by atoms with van der Waals surface area (Å²) in [4.78, 5) is 26.2. The molecule has 0 saturated carbocycles. The highest BCUT2D eigenvalue weighted by molar-refractivity contribution is 5.77. The zero-order valence-electron chi connectivity index (χ0n) is 10.8. The van der Waals surface area contributed by atoms with E-state index >= 15 is 0 Å². The number of rotatable bonds is 4. The summed E-state index contributed by atoms with van der Waals surface area (Å²) >= 11 is 0. The number of piperidine rings is 1. The fourth-order valence-electron chi connectivity index (χ4n) is 2.74. The first-order valence-corrected chi connectivity index (χ1v) is 6.52. The Bertz CT molecular complexity index is 327. The molecule has 2 rings (SSSR count). The maximum absolute atomic E-state index is 11.7. The van der Waals surface area contributed by atoms with Crippen molar-refractivity contribution in [3.05, 3.63) is 0 Å². The van der Waals surface area contributed by atoms with Crippen LogP contribution >= 0.6 is 0 Å². The lowest BCUT2D eigenvalue weighted by atomic mass is 9.90. The predicted octanol–water partition coefficient (Wildman–Crippen LogP) is 0.197. The minimum absolute atomic E-state index is 0.0214. The number of carboxylic acid groups (broad SMARTS) is 1. The summed E-state index contributed by atoms with van der Waals surface area (Å²) in [7, 11) is 2.11. The van der Waals surface area contributed by atoms with Gasteiger partial charge in [-0.1, -0.05) is 0 Å². The third kappa shape index (κ3) is 3.13. The second kappa shape index (κ2) is 5.56. The van der Waals surface area contributed by atoms with Crippen molar-refractivity contribution in [2.75, 3.05) is 33.2 Å². The van der Waals surface area contributed by atoms with Gasteiger partial charge >= 0.3 is 12.0 Å². The van der Waals surface area contributed by atoms with Gasteiger partial charge in [0.2, 0.25) is 0 Å².